The highest BCUT2D eigenvalue weighted by atomic mass is 79.9. The summed E-state index contributed by atoms with van der Waals surface area (Å²) in [5.74, 6) is 1.49. The molecule has 3 heterocycles. The van der Waals surface area contributed by atoms with Gasteiger partial charge in [0.05, 0.1) is 11.2 Å². The van der Waals surface area contributed by atoms with Gasteiger partial charge >= 0.3 is 0 Å². The number of hydrogen-bond acceptors (Lipinski definition) is 6. The summed E-state index contributed by atoms with van der Waals surface area (Å²) >= 11 is 5.05. The Bertz CT molecular complexity index is 782. The molecule has 0 spiro atoms. The smallest absolute Gasteiger partial charge is 0.169 e. The molecule has 2 aromatic rings. The number of sulfone groups is 1. The number of halogens is 1. The maximum Gasteiger partial charge on any atom is 0.169 e. The third kappa shape index (κ3) is 3.02. The standard InChI is InChI=1S/C13H14BrN3O2S2/c1-21(18,19)12-8-20-5-4-17(12)11-2-3-15-10-6-9(14)7-16-13(10)11/h2-3,6-7,12H,4-5,8H2,1H3. The Morgan fingerprint density at radius 1 is 1.43 bits per heavy atom. The molecule has 0 aromatic carbocycles. The van der Waals surface area contributed by atoms with Gasteiger partial charge in [-0.25, -0.2) is 8.42 Å². The largest absolute Gasteiger partial charge is 0.352 e. The SMILES string of the molecule is CS(=O)(=O)C1CSCCN1c1ccnc2cc(Br)cnc12. The Morgan fingerprint density at radius 3 is 3.00 bits per heavy atom. The molecule has 2 aromatic heterocycles. The first-order chi connectivity index (χ1) is 9.97. The third-order valence-corrected chi connectivity index (χ3v) is 6.49. The van der Waals surface area contributed by atoms with E-state index in [9.17, 15) is 8.42 Å². The van der Waals surface area contributed by atoms with Gasteiger partial charge < -0.3 is 4.90 Å². The van der Waals surface area contributed by atoms with E-state index in [2.05, 4.69) is 25.9 Å². The van der Waals surface area contributed by atoms with Crippen LogP contribution in [0, 0.1) is 0 Å². The second-order valence-corrected chi connectivity index (χ2v) is 9.17. The highest BCUT2D eigenvalue weighted by Crippen LogP contribution is 2.31. The van der Waals surface area contributed by atoms with Gasteiger partial charge in [0.25, 0.3) is 0 Å². The Labute approximate surface area is 136 Å². The number of hydrogen-bond donors (Lipinski definition) is 0. The maximum atomic E-state index is 12.1. The Kier molecular flexibility index (Phi) is 4.11. The van der Waals surface area contributed by atoms with E-state index in [1.54, 1.807) is 24.2 Å². The molecule has 5 nitrogen and oxygen atoms in total. The zero-order chi connectivity index (χ0) is 15.0. The number of thioether (sulfide) groups is 1. The van der Waals surface area contributed by atoms with Crippen LogP contribution in [-0.4, -0.2) is 48.1 Å². The van der Waals surface area contributed by atoms with Gasteiger partial charge in [-0.05, 0) is 28.1 Å². The predicted octanol–water partition coefficient (Wildman–Crippen LogP) is 2.32. The summed E-state index contributed by atoms with van der Waals surface area (Å²) in [6, 6.07) is 3.73. The van der Waals surface area contributed by atoms with Crippen LogP contribution in [0.2, 0.25) is 0 Å². The summed E-state index contributed by atoms with van der Waals surface area (Å²) in [5.41, 5.74) is 2.33. The van der Waals surface area contributed by atoms with Crippen LogP contribution < -0.4 is 4.90 Å². The number of nitrogens with zero attached hydrogens (tertiary/aromatic N) is 3. The van der Waals surface area contributed by atoms with Gasteiger partial charge in [0.2, 0.25) is 0 Å². The third-order valence-electron chi connectivity index (χ3n) is 3.41. The van der Waals surface area contributed by atoms with Gasteiger partial charge in [-0.3, -0.25) is 9.97 Å². The molecule has 1 aliphatic heterocycles. The highest BCUT2D eigenvalue weighted by molar-refractivity contribution is 9.10. The van der Waals surface area contributed by atoms with Gasteiger partial charge in [0.15, 0.2) is 9.84 Å². The molecule has 0 N–H and O–H groups in total. The molecule has 1 aliphatic rings. The van der Waals surface area contributed by atoms with Crippen molar-refractivity contribution in [2.75, 3.05) is 29.2 Å². The van der Waals surface area contributed by atoms with E-state index >= 15 is 0 Å². The topological polar surface area (TPSA) is 63.2 Å². The first-order valence-corrected chi connectivity index (χ1v) is 10.3. The number of pyridine rings is 2. The minimum absolute atomic E-state index is 0.507. The number of aromatic nitrogens is 2. The lowest BCUT2D eigenvalue weighted by molar-refractivity contribution is 0.584. The fraction of sp³-hybridized carbons (Fsp3) is 0.385. The summed E-state index contributed by atoms with van der Waals surface area (Å²) in [6.45, 7) is 0.694. The summed E-state index contributed by atoms with van der Waals surface area (Å²) in [5, 5.41) is -0.507. The molecule has 0 aliphatic carbocycles. The second-order valence-electron chi connectivity index (χ2n) is 4.90. The zero-order valence-electron chi connectivity index (χ0n) is 11.4. The number of anilines is 1. The van der Waals surface area contributed by atoms with Crippen molar-refractivity contribution in [1.82, 2.24) is 9.97 Å². The van der Waals surface area contributed by atoms with Crippen molar-refractivity contribution < 1.29 is 8.42 Å². The maximum absolute atomic E-state index is 12.1. The van der Waals surface area contributed by atoms with E-state index in [1.807, 2.05) is 17.0 Å². The Hall–Kier alpha value is -0.860. The van der Waals surface area contributed by atoms with Gasteiger partial charge in [-0.2, -0.15) is 11.8 Å². The molecule has 0 saturated carbocycles. The predicted molar refractivity (Wildman–Crippen MR) is 90.5 cm³/mol. The first-order valence-electron chi connectivity index (χ1n) is 6.40. The normalized spacial score (nSPS) is 19.9. The van der Waals surface area contributed by atoms with Gasteiger partial charge in [0.1, 0.15) is 10.9 Å². The van der Waals surface area contributed by atoms with E-state index in [-0.39, 0.29) is 0 Å². The van der Waals surface area contributed by atoms with E-state index < -0.39 is 15.2 Å². The molecule has 21 heavy (non-hydrogen) atoms. The average Bonchev–Trinajstić information content (AvgIpc) is 2.45. The average molecular weight is 388 g/mol. The molecule has 1 fully saturated rings. The molecule has 1 atom stereocenters. The van der Waals surface area contributed by atoms with Gasteiger partial charge in [-0.15, -0.1) is 0 Å². The summed E-state index contributed by atoms with van der Waals surface area (Å²) in [6.07, 6.45) is 4.71. The summed E-state index contributed by atoms with van der Waals surface area (Å²) in [4.78, 5) is 10.7. The molecule has 3 rings (SSSR count). The van der Waals surface area contributed by atoms with Crippen molar-refractivity contribution in [3.63, 3.8) is 0 Å². The van der Waals surface area contributed by atoms with Crippen molar-refractivity contribution in [2.45, 2.75) is 5.37 Å². The monoisotopic (exact) mass is 387 g/mol. The van der Waals surface area contributed by atoms with Crippen molar-refractivity contribution >= 4 is 54.2 Å². The van der Waals surface area contributed by atoms with Crippen LogP contribution in [0.25, 0.3) is 11.0 Å². The van der Waals surface area contributed by atoms with Crippen LogP contribution in [-0.2, 0) is 9.84 Å². The van der Waals surface area contributed by atoms with Gasteiger partial charge in [-0.1, -0.05) is 0 Å². The zero-order valence-corrected chi connectivity index (χ0v) is 14.6. The lowest BCUT2D eigenvalue weighted by atomic mass is 10.2. The Morgan fingerprint density at radius 2 is 2.24 bits per heavy atom. The van der Waals surface area contributed by atoms with E-state index in [1.165, 1.54) is 6.26 Å². The summed E-state index contributed by atoms with van der Waals surface area (Å²) in [7, 11) is -3.15. The van der Waals surface area contributed by atoms with E-state index in [0.717, 1.165) is 26.9 Å². The molecule has 112 valence electrons. The molecular formula is C13H14BrN3O2S2. The van der Waals surface area contributed by atoms with Crippen LogP contribution in [0.1, 0.15) is 0 Å². The molecule has 0 bridgehead atoms. The van der Waals surface area contributed by atoms with Gasteiger partial charge in [0, 0.05) is 41.2 Å². The van der Waals surface area contributed by atoms with Crippen LogP contribution in [0.5, 0.6) is 0 Å². The van der Waals surface area contributed by atoms with Crippen LogP contribution in [0.4, 0.5) is 5.69 Å². The van der Waals surface area contributed by atoms with Crippen LogP contribution in [0.15, 0.2) is 29.0 Å². The lowest BCUT2D eigenvalue weighted by Gasteiger charge is -2.36. The first kappa shape index (κ1) is 15.1. The fourth-order valence-electron chi connectivity index (χ4n) is 2.43. The Balaban J connectivity index is 2.14. The van der Waals surface area contributed by atoms with E-state index in [0.29, 0.717) is 12.3 Å². The minimum Gasteiger partial charge on any atom is -0.352 e. The number of fused-ring (bicyclic) bond motifs is 1. The molecular weight excluding hydrogens is 374 g/mol. The molecule has 1 unspecified atom stereocenters. The fourth-order valence-corrected chi connectivity index (χ4v) is 5.59. The number of rotatable bonds is 2. The molecule has 0 radical (unpaired) electrons. The second kappa shape index (κ2) is 5.73. The minimum atomic E-state index is -3.15. The van der Waals surface area contributed by atoms with Crippen molar-refractivity contribution in [3.05, 3.63) is 29.0 Å². The summed E-state index contributed by atoms with van der Waals surface area (Å²) < 4.78 is 25.0. The quantitative estimate of drug-likeness (QED) is 0.787. The molecule has 0 amide bonds. The lowest BCUT2D eigenvalue weighted by Crippen LogP contribution is -2.47. The van der Waals surface area contributed by atoms with Crippen LogP contribution >= 0.6 is 27.7 Å². The van der Waals surface area contributed by atoms with Crippen molar-refractivity contribution in [2.24, 2.45) is 0 Å². The van der Waals surface area contributed by atoms with E-state index in [4.69, 9.17) is 0 Å². The van der Waals surface area contributed by atoms with Crippen LogP contribution in [0.3, 0.4) is 0 Å². The van der Waals surface area contributed by atoms with Crippen molar-refractivity contribution in [1.29, 1.82) is 0 Å². The highest BCUT2D eigenvalue weighted by Gasteiger charge is 2.32. The van der Waals surface area contributed by atoms with Crippen molar-refractivity contribution in [3.8, 4) is 0 Å². The molecule has 1 saturated heterocycles. The molecule has 8 heteroatoms.